The van der Waals surface area contributed by atoms with Crippen LogP contribution in [0.4, 0.5) is 0 Å². The molecular weight excluding hydrogens is 394 g/mol. The Morgan fingerprint density at radius 2 is 1.93 bits per heavy atom. The first-order chi connectivity index (χ1) is 14.1. The van der Waals surface area contributed by atoms with Crippen molar-refractivity contribution in [2.45, 2.75) is 66.1 Å². The van der Waals surface area contributed by atoms with E-state index < -0.39 is 12.1 Å². The molecule has 1 fully saturated rings. The van der Waals surface area contributed by atoms with Crippen molar-refractivity contribution >= 4 is 28.5 Å². The highest BCUT2D eigenvalue weighted by Crippen LogP contribution is 2.31. The van der Waals surface area contributed by atoms with Crippen molar-refractivity contribution in [1.82, 2.24) is 10.2 Å². The highest BCUT2D eigenvalue weighted by molar-refractivity contribution is 8.10. The van der Waals surface area contributed by atoms with Crippen LogP contribution in [0, 0.1) is 5.41 Å². The van der Waals surface area contributed by atoms with Crippen molar-refractivity contribution in [2.75, 3.05) is 6.54 Å². The standard InChI is InChI=1S/C24H35N3O2S/c1-7-30-20(16(2)3)18-12-10-17(11-13-18)15-26-22(28)19-9-8-14-27(19)23(29)21(25)24(4,5)6/h7,10-13,19,21H,1,8-9,14-15,25H2,2-6H3,(H,26,28). The molecule has 0 bridgehead atoms. The van der Waals surface area contributed by atoms with E-state index in [2.05, 4.69) is 37.9 Å². The number of amides is 2. The smallest absolute Gasteiger partial charge is 0.243 e. The van der Waals surface area contributed by atoms with Gasteiger partial charge in [0.1, 0.15) is 6.04 Å². The Morgan fingerprint density at radius 3 is 2.47 bits per heavy atom. The maximum absolute atomic E-state index is 12.8. The molecule has 6 heteroatoms. The van der Waals surface area contributed by atoms with Gasteiger partial charge in [0, 0.05) is 18.0 Å². The largest absolute Gasteiger partial charge is 0.350 e. The van der Waals surface area contributed by atoms with Gasteiger partial charge in [-0.25, -0.2) is 0 Å². The number of likely N-dealkylation sites (tertiary alicyclic amines) is 1. The summed E-state index contributed by atoms with van der Waals surface area (Å²) >= 11 is 1.61. The Balaban J connectivity index is 2.00. The average molecular weight is 430 g/mol. The van der Waals surface area contributed by atoms with Crippen LogP contribution in [0.2, 0.25) is 0 Å². The van der Waals surface area contributed by atoms with E-state index in [0.717, 1.165) is 17.5 Å². The van der Waals surface area contributed by atoms with Crippen LogP contribution in [-0.4, -0.2) is 35.3 Å². The van der Waals surface area contributed by atoms with E-state index in [-0.39, 0.29) is 17.2 Å². The first-order valence-electron chi connectivity index (χ1n) is 10.4. The number of carbonyl (C=O) groups excluding carboxylic acids is 2. The number of rotatable bonds is 7. The molecule has 30 heavy (non-hydrogen) atoms. The second kappa shape index (κ2) is 10.3. The van der Waals surface area contributed by atoms with E-state index in [0.29, 0.717) is 19.5 Å². The normalized spacial score (nSPS) is 17.4. The SMILES string of the molecule is C=CSC(=C(C)C)c1ccc(CNC(=O)C2CCCN2C(=O)C(N)C(C)(C)C)cc1. The monoisotopic (exact) mass is 429 g/mol. The van der Waals surface area contributed by atoms with Gasteiger partial charge in [-0.3, -0.25) is 9.59 Å². The molecule has 2 atom stereocenters. The number of carbonyl (C=O) groups is 2. The summed E-state index contributed by atoms with van der Waals surface area (Å²) in [5.41, 5.74) is 9.21. The first-order valence-corrected chi connectivity index (χ1v) is 11.3. The molecule has 0 aromatic heterocycles. The number of nitrogens with one attached hydrogen (secondary N) is 1. The summed E-state index contributed by atoms with van der Waals surface area (Å²) in [5.74, 6) is -0.253. The summed E-state index contributed by atoms with van der Waals surface area (Å²) in [6, 6.07) is 7.12. The molecule has 1 aliphatic rings. The van der Waals surface area contributed by atoms with Gasteiger partial charge in [-0.2, -0.15) is 0 Å². The van der Waals surface area contributed by atoms with Crippen LogP contribution in [0.15, 0.2) is 41.8 Å². The lowest BCUT2D eigenvalue weighted by molar-refractivity contribution is -0.141. The Hall–Kier alpha value is -2.05. The lowest BCUT2D eigenvalue weighted by Gasteiger charge is -2.32. The molecule has 0 aliphatic carbocycles. The highest BCUT2D eigenvalue weighted by atomic mass is 32.2. The van der Waals surface area contributed by atoms with Crippen LogP contribution < -0.4 is 11.1 Å². The summed E-state index contributed by atoms with van der Waals surface area (Å²) in [4.78, 5) is 28.4. The Morgan fingerprint density at radius 1 is 1.30 bits per heavy atom. The van der Waals surface area contributed by atoms with Gasteiger partial charge in [-0.05, 0) is 48.6 Å². The molecule has 1 saturated heterocycles. The summed E-state index contributed by atoms with van der Waals surface area (Å²) in [5, 5.41) is 4.82. The third-order valence-electron chi connectivity index (χ3n) is 5.38. The molecule has 1 heterocycles. The number of hydrogen-bond acceptors (Lipinski definition) is 4. The van der Waals surface area contributed by atoms with E-state index in [1.54, 1.807) is 16.7 Å². The van der Waals surface area contributed by atoms with Crippen molar-refractivity contribution in [3.05, 3.63) is 53.0 Å². The fourth-order valence-electron chi connectivity index (χ4n) is 3.49. The highest BCUT2D eigenvalue weighted by Gasteiger charge is 2.39. The third kappa shape index (κ3) is 5.99. The number of hydrogen-bond donors (Lipinski definition) is 2. The quantitative estimate of drug-likeness (QED) is 0.678. The maximum atomic E-state index is 12.8. The molecule has 0 saturated carbocycles. The zero-order valence-corrected chi connectivity index (χ0v) is 19.6. The van der Waals surface area contributed by atoms with Crippen LogP contribution >= 0.6 is 11.8 Å². The second-order valence-corrected chi connectivity index (χ2v) is 10.0. The van der Waals surface area contributed by atoms with Crippen molar-refractivity contribution in [2.24, 2.45) is 11.1 Å². The fraction of sp³-hybridized carbons (Fsp3) is 0.500. The van der Waals surface area contributed by atoms with E-state index in [1.807, 2.05) is 38.3 Å². The summed E-state index contributed by atoms with van der Waals surface area (Å²) < 4.78 is 0. The number of allylic oxidation sites excluding steroid dienone is 1. The van der Waals surface area contributed by atoms with Crippen LogP contribution in [0.25, 0.3) is 4.91 Å². The molecule has 1 aliphatic heterocycles. The second-order valence-electron chi connectivity index (χ2n) is 9.06. The zero-order chi connectivity index (χ0) is 22.5. The first kappa shape index (κ1) is 24.2. The van der Waals surface area contributed by atoms with Gasteiger partial charge in [0.15, 0.2) is 0 Å². The van der Waals surface area contributed by atoms with Gasteiger partial charge < -0.3 is 16.0 Å². The summed E-state index contributed by atoms with van der Waals surface area (Å²) in [6.45, 7) is 14.8. The van der Waals surface area contributed by atoms with Gasteiger partial charge >= 0.3 is 0 Å². The molecule has 164 valence electrons. The van der Waals surface area contributed by atoms with Gasteiger partial charge in [-0.1, -0.05) is 69.0 Å². The average Bonchev–Trinajstić information content (AvgIpc) is 3.18. The number of benzene rings is 1. The zero-order valence-electron chi connectivity index (χ0n) is 18.8. The van der Waals surface area contributed by atoms with Crippen molar-refractivity contribution in [3.63, 3.8) is 0 Å². The molecule has 2 rings (SSSR count). The van der Waals surface area contributed by atoms with E-state index in [1.165, 1.54) is 10.5 Å². The maximum Gasteiger partial charge on any atom is 0.243 e. The predicted molar refractivity (Wildman–Crippen MR) is 127 cm³/mol. The Kier molecular flexibility index (Phi) is 8.33. The van der Waals surface area contributed by atoms with Gasteiger partial charge in [-0.15, -0.1) is 0 Å². The minimum absolute atomic E-state index is 0.113. The molecule has 2 unspecified atom stereocenters. The molecular formula is C24H35N3O2S. The topological polar surface area (TPSA) is 75.4 Å². The fourth-order valence-corrected chi connectivity index (χ4v) is 4.17. The van der Waals surface area contributed by atoms with Crippen LogP contribution in [0.5, 0.6) is 0 Å². The number of nitrogens with zero attached hydrogens (tertiary/aromatic N) is 1. The predicted octanol–water partition coefficient (Wildman–Crippen LogP) is 4.29. The lowest BCUT2D eigenvalue weighted by Crippen LogP contribution is -2.54. The van der Waals surface area contributed by atoms with Crippen LogP contribution in [-0.2, 0) is 16.1 Å². The van der Waals surface area contributed by atoms with Gasteiger partial charge in [0.25, 0.3) is 0 Å². The Labute approximate surface area is 185 Å². The minimum Gasteiger partial charge on any atom is -0.350 e. The van der Waals surface area contributed by atoms with Crippen molar-refractivity contribution in [3.8, 4) is 0 Å². The van der Waals surface area contributed by atoms with Crippen LogP contribution in [0.3, 0.4) is 0 Å². The van der Waals surface area contributed by atoms with Gasteiger partial charge in [0.05, 0.1) is 6.04 Å². The summed E-state index contributed by atoms with van der Waals surface area (Å²) in [6.07, 6.45) is 1.50. The van der Waals surface area contributed by atoms with Gasteiger partial charge in [0.2, 0.25) is 11.8 Å². The molecule has 3 N–H and O–H groups in total. The Bertz CT molecular complexity index is 805. The van der Waals surface area contributed by atoms with Crippen molar-refractivity contribution < 1.29 is 9.59 Å². The minimum atomic E-state index is -0.615. The lowest BCUT2D eigenvalue weighted by atomic mass is 9.86. The molecule has 0 spiro atoms. The molecule has 0 radical (unpaired) electrons. The number of nitrogens with two attached hydrogens (primary N) is 1. The number of thioether (sulfide) groups is 1. The molecule has 2 amide bonds. The van der Waals surface area contributed by atoms with E-state index >= 15 is 0 Å². The molecule has 1 aromatic carbocycles. The molecule has 1 aromatic rings. The third-order valence-corrected chi connectivity index (χ3v) is 6.42. The van der Waals surface area contributed by atoms with Crippen molar-refractivity contribution in [1.29, 1.82) is 0 Å². The van der Waals surface area contributed by atoms with E-state index in [4.69, 9.17) is 5.73 Å². The molecule has 5 nitrogen and oxygen atoms in total. The van der Waals surface area contributed by atoms with E-state index in [9.17, 15) is 9.59 Å². The van der Waals surface area contributed by atoms with Crippen LogP contribution in [0.1, 0.15) is 58.6 Å². The summed E-state index contributed by atoms with van der Waals surface area (Å²) in [7, 11) is 0.